The van der Waals surface area contributed by atoms with E-state index < -0.39 is 0 Å². The molecule has 3 nitrogen and oxygen atoms in total. The van der Waals surface area contributed by atoms with E-state index in [-0.39, 0.29) is 5.91 Å². The zero-order valence-electron chi connectivity index (χ0n) is 9.49. The van der Waals surface area contributed by atoms with Crippen LogP contribution in [0, 0.1) is 5.92 Å². The number of amides is 1. The second-order valence-electron chi connectivity index (χ2n) is 4.82. The fourth-order valence-electron chi connectivity index (χ4n) is 2.80. The lowest BCUT2D eigenvalue weighted by Crippen LogP contribution is -2.57. The molecule has 5 heteroatoms. The average Bonchev–Trinajstić information content (AvgIpc) is 2.77. The zero-order chi connectivity index (χ0) is 11.8. The molecule has 1 amide bonds. The Labute approximate surface area is 113 Å². The average molecular weight is 316 g/mol. The van der Waals surface area contributed by atoms with Crippen LogP contribution >= 0.6 is 27.3 Å². The van der Waals surface area contributed by atoms with Crippen LogP contribution < -0.4 is 5.32 Å². The largest absolute Gasteiger partial charge is 0.347 e. The van der Waals surface area contributed by atoms with Gasteiger partial charge in [-0.05, 0) is 59.9 Å². The summed E-state index contributed by atoms with van der Waals surface area (Å²) in [7, 11) is 0. The van der Waals surface area contributed by atoms with Crippen LogP contribution in [0.1, 0.15) is 22.5 Å². The second kappa shape index (κ2) is 4.71. The summed E-state index contributed by atoms with van der Waals surface area (Å²) in [4.78, 5) is 15.3. The maximum atomic E-state index is 12.1. The summed E-state index contributed by atoms with van der Waals surface area (Å²) in [5, 5.41) is 3.19. The minimum absolute atomic E-state index is 0.0828. The maximum absolute atomic E-state index is 12.1. The highest BCUT2D eigenvalue weighted by Crippen LogP contribution is 2.28. The number of rotatable bonds is 2. The highest BCUT2D eigenvalue weighted by molar-refractivity contribution is 9.11. The van der Waals surface area contributed by atoms with E-state index in [1.54, 1.807) is 0 Å². The topological polar surface area (TPSA) is 32.3 Å². The molecule has 0 unspecified atom stereocenters. The minimum atomic E-state index is 0.0828. The summed E-state index contributed by atoms with van der Waals surface area (Å²) >= 11 is 4.88. The molecule has 4 rings (SSSR count). The predicted octanol–water partition coefficient (Wildman–Crippen LogP) is 2.33. The third-order valence-corrected chi connectivity index (χ3v) is 5.39. The molecule has 1 N–H and O–H groups in total. The molecule has 1 aromatic heterocycles. The van der Waals surface area contributed by atoms with Crippen LogP contribution in [0.2, 0.25) is 0 Å². The van der Waals surface area contributed by atoms with E-state index in [2.05, 4.69) is 26.1 Å². The molecule has 3 saturated heterocycles. The number of halogens is 1. The Hall–Kier alpha value is -0.390. The van der Waals surface area contributed by atoms with E-state index in [1.807, 2.05) is 12.1 Å². The van der Waals surface area contributed by atoms with Crippen molar-refractivity contribution in [2.75, 3.05) is 19.6 Å². The second-order valence-corrected chi connectivity index (χ2v) is 7.28. The van der Waals surface area contributed by atoms with Gasteiger partial charge < -0.3 is 10.2 Å². The number of hydrogen-bond donors (Lipinski definition) is 1. The first-order valence-electron chi connectivity index (χ1n) is 6.01. The van der Waals surface area contributed by atoms with Crippen molar-refractivity contribution in [3.63, 3.8) is 0 Å². The van der Waals surface area contributed by atoms with E-state index in [0.717, 1.165) is 15.2 Å². The first-order valence-corrected chi connectivity index (χ1v) is 7.62. The van der Waals surface area contributed by atoms with Crippen molar-refractivity contribution in [2.24, 2.45) is 5.92 Å². The molecule has 3 fully saturated rings. The summed E-state index contributed by atoms with van der Waals surface area (Å²) < 4.78 is 1.01. The Bertz CT molecular complexity index is 426. The molecular formula is C12H15BrN2OS. The fraction of sp³-hybridized carbons (Fsp3) is 0.583. The molecule has 4 heterocycles. The van der Waals surface area contributed by atoms with Crippen molar-refractivity contribution in [2.45, 2.75) is 18.9 Å². The summed E-state index contributed by atoms with van der Waals surface area (Å²) in [5.41, 5.74) is 0. The molecule has 92 valence electrons. The van der Waals surface area contributed by atoms with Gasteiger partial charge in [0.1, 0.15) is 0 Å². The lowest BCUT2D eigenvalue weighted by Gasteiger charge is -2.44. The number of thiophene rings is 1. The van der Waals surface area contributed by atoms with Gasteiger partial charge >= 0.3 is 0 Å². The Kier molecular flexibility index (Phi) is 3.23. The molecule has 0 radical (unpaired) electrons. The number of nitrogens with one attached hydrogen (secondary N) is 1. The lowest BCUT2D eigenvalue weighted by atomic mass is 9.84. The number of carbonyl (C=O) groups is 1. The smallest absolute Gasteiger partial charge is 0.261 e. The van der Waals surface area contributed by atoms with E-state index in [9.17, 15) is 4.79 Å². The number of fused-ring (bicyclic) bond motifs is 3. The zero-order valence-corrected chi connectivity index (χ0v) is 11.9. The van der Waals surface area contributed by atoms with Crippen LogP contribution in [-0.2, 0) is 0 Å². The summed E-state index contributed by atoms with van der Waals surface area (Å²) in [6.07, 6.45) is 2.47. The van der Waals surface area contributed by atoms with Gasteiger partial charge in [0.05, 0.1) is 8.66 Å². The van der Waals surface area contributed by atoms with Crippen LogP contribution in [-0.4, -0.2) is 36.5 Å². The van der Waals surface area contributed by atoms with Crippen molar-refractivity contribution in [1.29, 1.82) is 0 Å². The summed E-state index contributed by atoms with van der Waals surface area (Å²) in [6.45, 7) is 3.45. The van der Waals surface area contributed by atoms with Crippen LogP contribution in [0.3, 0.4) is 0 Å². The third kappa shape index (κ3) is 2.41. The Balaban J connectivity index is 1.65. The maximum Gasteiger partial charge on any atom is 0.261 e. The Morgan fingerprint density at radius 1 is 1.41 bits per heavy atom. The van der Waals surface area contributed by atoms with Gasteiger partial charge in [-0.25, -0.2) is 0 Å². The summed E-state index contributed by atoms with van der Waals surface area (Å²) in [6, 6.07) is 4.16. The molecule has 0 saturated carbocycles. The summed E-state index contributed by atoms with van der Waals surface area (Å²) in [5.74, 6) is 0.770. The monoisotopic (exact) mass is 315 g/mol. The van der Waals surface area contributed by atoms with Crippen LogP contribution in [0.15, 0.2) is 15.9 Å². The molecular weight excluding hydrogens is 301 g/mol. The molecule has 0 aliphatic carbocycles. The van der Waals surface area contributed by atoms with Crippen molar-refractivity contribution in [3.8, 4) is 0 Å². The Morgan fingerprint density at radius 3 is 2.71 bits per heavy atom. The molecule has 3 aliphatic heterocycles. The van der Waals surface area contributed by atoms with E-state index >= 15 is 0 Å². The fourth-order valence-corrected chi connectivity index (χ4v) is 4.09. The van der Waals surface area contributed by atoms with E-state index in [0.29, 0.717) is 12.0 Å². The number of piperidine rings is 3. The molecule has 0 aromatic carbocycles. The van der Waals surface area contributed by atoms with E-state index in [4.69, 9.17) is 0 Å². The number of nitrogens with zero attached hydrogens (tertiary/aromatic N) is 1. The molecule has 1 aromatic rings. The SMILES string of the molecule is O=[13C](N[C@H]1CN2CCC1CC2)c1ccc(Br)s1. The normalized spacial score (nSPS) is 31.5. The van der Waals surface area contributed by atoms with Crippen LogP contribution in [0.4, 0.5) is 0 Å². The van der Waals surface area contributed by atoms with Gasteiger partial charge in [0.15, 0.2) is 0 Å². The first kappa shape index (κ1) is 11.7. The van der Waals surface area contributed by atoms with Gasteiger partial charge in [0.25, 0.3) is 5.91 Å². The first-order chi connectivity index (χ1) is 8.22. The highest BCUT2D eigenvalue weighted by Gasteiger charge is 2.35. The lowest BCUT2D eigenvalue weighted by molar-refractivity contribution is 0.0622. The molecule has 1 atom stereocenters. The van der Waals surface area contributed by atoms with Crippen molar-refractivity contribution in [1.82, 2.24) is 10.2 Å². The van der Waals surface area contributed by atoms with Gasteiger partial charge in [-0.2, -0.15) is 0 Å². The van der Waals surface area contributed by atoms with Crippen LogP contribution in [0.25, 0.3) is 0 Å². The predicted molar refractivity (Wildman–Crippen MR) is 72.4 cm³/mol. The highest BCUT2D eigenvalue weighted by atomic mass is 79.9. The number of hydrogen-bond acceptors (Lipinski definition) is 3. The van der Waals surface area contributed by atoms with Gasteiger partial charge in [0, 0.05) is 12.6 Å². The minimum Gasteiger partial charge on any atom is -0.347 e. The van der Waals surface area contributed by atoms with Crippen molar-refractivity contribution < 1.29 is 4.79 Å². The standard InChI is InChI=1S/C12H15BrN2OS/c13-11-2-1-10(17-11)12(16)14-9-7-15-5-3-8(9)4-6-15/h1-2,8-9H,3-7H2,(H,14,16)/t9-/m0/s1/i12+1. The number of carbonyl (C=O) groups excluding carboxylic acids is 1. The quantitative estimate of drug-likeness (QED) is 0.850. The van der Waals surface area contributed by atoms with Gasteiger partial charge in [-0.15, -0.1) is 11.3 Å². The molecule has 17 heavy (non-hydrogen) atoms. The molecule has 2 bridgehead atoms. The van der Waals surface area contributed by atoms with Crippen LogP contribution in [0.5, 0.6) is 0 Å². The molecule has 0 spiro atoms. The molecule has 3 aliphatic rings. The van der Waals surface area contributed by atoms with Gasteiger partial charge in [0.2, 0.25) is 0 Å². The van der Waals surface area contributed by atoms with Crippen molar-refractivity contribution >= 4 is 33.2 Å². The van der Waals surface area contributed by atoms with E-state index in [1.165, 1.54) is 37.3 Å². The van der Waals surface area contributed by atoms with Crippen molar-refractivity contribution in [3.05, 3.63) is 20.8 Å². The third-order valence-electron chi connectivity index (χ3n) is 3.77. The van der Waals surface area contributed by atoms with Gasteiger partial charge in [-0.3, -0.25) is 4.79 Å². The Morgan fingerprint density at radius 2 is 2.18 bits per heavy atom. The van der Waals surface area contributed by atoms with Gasteiger partial charge in [-0.1, -0.05) is 0 Å².